The second-order valence-corrected chi connectivity index (χ2v) is 4.68. The molecule has 0 saturated carbocycles. The molecule has 102 valence electrons. The van der Waals surface area contributed by atoms with Crippen LogP contribution in [0.25, 0.3) is 0 Å². The van der Waals surface area contributed by atoms with Crippen molar-refractivity contribution in [2.45, 2.75) is 0 Å². The van der Waals surface area contributed by atoms with Crippen LogP contribution in [0.2, 0.25) is 10.0 Å². The van der Waals surface area contributed by atoms with Gasteiger partial charge in [0.15, 0.2) is 0 Å². The molecule has 0 aliphatic heterocycles. The van der Waals surface area contributed by atoms with Crippen molar-refractivity contribution in [1.29, 1.82) is 0 Å². The van der Waals surface area contributed by atoms with Gasteiger partial charge in [-0.15, -0.1) is 0 Å². The van der Waals surface area contributed by atoms with Crippen molar-refractivity contribution in [2.75, 3.05) is 5.32 Å². The quantitative estimate of drug-likeness (QED) is 0.649. The molecule has 0 fully saturated rings. The third kappa shape index (κ3) is 4.26. The molecule has 2 aromatic carbocycles. The number of carbonyl (C=O) groups excluding carboxylic acids is 1. The Morgan fingerprint density at radius 3 is 2.50 bits per heavy atom. The zero-order valence-corrected chi connectivity index (χ0v) is 11.8. The molecule has 2 amide bonds. The second-order valence-electron chi connectivity index (χ2n) is 3.86. The third-order valence-corrected chi connectivity index (χ3v) is 3.10. The number of hydrazone groups is 1. The fraction of sp³-hybridized carbons (Fsp3) is 0. The Balaban J connectivity index is 1.89. The first-order valence-electron chi connectivity index (χ1n) is 5.75. The summed E-state index contributed by atoms with van der Waals surface area (Å²) in [5, 5.41) is 7.22. The Labute approximate surface area is 126 Å². The minimum Gasteiger partial charge on any atom is -0.306 e. The summed E-state index contributed by atoms with van der Waals surface area (Å²) in [5.41, 5.74) is 3.78. The average Bonchev–Trinajstić information content (AvgIpc) is 2.44. The van der Waals surface area contributed by atoms with Gasteiger partial charge in [0.25, 0.3) is 0 Å². The van der Waals surface area contributed by atoms with Crippen molar-refractivity contribution in [3.63, 3.8) is 0 Å². The van der Waals surface area contributed by atoms with Gasteiger partial charge in [0, 0.05) is 5.69 Å². The maximum absolute atomic E-state index is 11.6. The summed E-state index contributed by atoms with van der Waals surface area (Å²) in [5.74, 6) is 0. The van der Waals surface area contributed by atoms with E-state index >= 15 is 0 Å². The van der Waals surface area contributed by atoms with Gasteiger partial charge in [-0.25, -0.2) is 10.2 Å². The third-order valence-electron chi connectivity index (χ3n) is 2.36. The molecule has 0 atom stereocenters. The smallest absolute Gasteiger partial charge is 0.306 e. The van der Waals surface area contributed by atoms with Gasteiger partial charge in [-0.2, -0.15) is 5.10 Å². The summed E-state index contributed by atoms with van der Waals surface area (Å²) in [6.45, 7) is 0. The molecule has 0 radical (unpaired) electrons. The molecule has 2 rings (SSSR count). The summed E-state index contributed by atoms with van der Waals surface area (Å²) in [6, 6.07) is 13.8. The summed E-state index contributed by atoms with van der Waals surface area (Å²) in [6.07, 6.45) is 1.55. The fourth-order valence-electron chi connectivity index (χ4n) is 1.44. The van der Waals surface area contributed by atoms with Crippen molar-refractivity contribution in [3.8, 4) is 0 Å². The predicted molar refractivity (Wildman–Crippen MR) is 82.7 cm³/mol. The molecule has 0 aromatic heterocycles. The molecule has 0 heterocycles. The Kier molecular flexibility index (Phi) is 4.98. The molecule has 4 nitrogen and oxygen atoms in total. The van der Waals surface area contributed by atoms with Crippen molar-refractivity contribution >= 4 is 41.1 Å². The van der Waals surface area contributed by atoms with E-state index in [2.05, 4.69) is 15.8 Å². The zero-order chi connectivity index (χ0) is 14.4. The number of hydrogen-bond acceptors (Lipinski definition) is 2. The summed E-state index contributed by atoms with van der Waals surface area (Å²) < 4.78 is 0. The van der Waals surface area contributed by atoms with Gasteiger partial charge in [-0.1, -0.05) is 53.5 Å². The van der Waals surface area contributed by atoms with Crippen LogP contribution >= 0.6 is 23.2 Å². The largest absolute Gasteiger partial charge is 0.339 e. The number of anilines is 1. The van der Waals surface area contributed by atoms with Crippen LogP contribution in [0.4, 0.5) is 10.5 Å². The van der Waals surface area contributed by atoms with Crippen molar-refractivity contribution in [3.05, 3.63) is 64.1 Å². The molecule has 0 aliphatic carbocycles. The highest BCUT2D eigenvalue weighted by atomic mass is 35.5. The van der Waals surface area contributed by atoms with Crippen molar-refractivity contribution in [2.24, 2.45) is 5.10 Å². The van der Waals surface area contributed by atoms with Gasteiger partial charge >= 0.3 is 6.03 Å². The van der Waals surface area contributed by atoms with E-state index < -0.39 is 6.03 Å². The fourth-order valence-corrected chi connectivity index (χ4v) is 1.74. The van der Waals surface area contributed by atoms with Crippen LogP contribution in [0.3, 0.4) is 0 Å². The van der Waals surface area contributed by atoms with Crippen LogP contribution in [0.15, 0.2) is 53.6 Å². The maximum atomic E-state index is 11.6. The summed E-state index contributed by atoms with van der Waals surface area (Å²) in [4.78, 5) is 11.6. The molecule has 0 bridgehead atoms. The molecule has 2 N–H and O–H groups in total. The van der Waals surface area contributed by atoms with E-state index in [1.54, 1.807) is 24.4 Å². The lowest BCUT2D eigenvalue weighted by atomic mass is 10.2. The second kappa shape index (κ2) is 6.93. The predicted octanol–water partition coefficient (Wildman–Crippen LogP) is 4.15. The van der Waals surface area contributed by atoms with E-state index in [0.29, 0.717) is 15.7 Å². The highest BCUT2D eigenvalue weighted by Crippen LogP contribution is 2.24. The van der Waals surface area contributed by atoms with E-state index in [-0.39, 0.29) is 0 Å². The van der Waals surface area contributed by atoms with Crippen LogP contribution < -0.4 is 10.7 Å². The zero-order valence-electron chi connectivity index (χ0n) is 10.3. The van der Waals surface area contributed by atoms with Crippen LogP contribution in [0.1, 0.15) is 5.56 Å². The van der Waals surface area contributed by atoms with E-state index in [4.69, 9.17) is 23.2 Å². The van der Waals surface area contributed by atoms with E-state index in [1.807, 2.05) is 30.3 Å². The van der Waals surface area contributed by atoms with Crippen LogP contribution in [-0.4, -0.2) is 12.2 Å². The minimum absolute atomic E-state index is 0.372. The molecular weight excluding hydrogens is 297 g/mol. The highest BCUT2D eigenvalue weighted by Gasteiger charge is 2.02. The summed E-state index contributed by atoms with van der Waals surface area (Å²) in [7, 11) is 0. The Morgan fingerprint density at radius 1 is 1.05 bits per heavy atom. The molecular formula is C14H11Cl2N3O. The number of amides is 2. The molecule has 20 heavy (non-hydrogen) atoms. The SMILES string of the molecule is O=C(NN=Cc1ccccc1)Nc1ccc(Cl)c(Cl)c1. The van der Waals surface area contributed by atoms with Gasteiger partial charge in [0.05, 0.1) is 16.3 Å². The van der Waals surface area contributed by atoms with Crippen LogP contribution in [-0.2, 0) is 0 Å². The molecule has 2 aromatic rings. The first-order valence-corrected chi connectivity index (χ1v) is 6.51. The number of carbonyl (C=O) groups is 1. The Morgan fingerprint density at radius 2 is 1.80 bits per heavy atom. The first kappa shape index (κ1) is 14.4. The maximum Gasteiger partial charge on any atom is 0.339 e. The van der Waals surface area contributed by atoms with Gasteiger partial charge < -0.3 is 5.32 Å². The summed E-state index contributed by atoms with van der Waals surface area (Å²) >= 11 is 11.6. The normalized spacial score (nSPS) is 10.5. The Hall–Kier alpha value is -2.04. The lowest BCUT2D eigenvalue weighted by Crippen LogP contribution is -2.24. The number of urea groups is 1. The lowest BCUT2D eigenvalue weighted by Gasteiger charge is -2.05. The van der Waals surface area contributed by atoms with Gasteiger partial charge in [0.1, 0.15) is 0 Å². The molecule has 0 unspecified atom stereocenters. The molecule has 6 heteroatoms. The van der Waals surface area contributed by atoms with Gasteiger partial charge in [-0.05, 0) is 23.8 Å². The molecule has 0 spiro atoms. The lowest BCUT2D eigenvalue weighted by molar-refractivity contribution is 0.252. The van der Waals surface area contributed by atoms with Crippen LogP contribution in [0.5, 0.6) is 0 Å². The minimum atomic E-state index is -0.462. The molecule has 0 saturated heterocycles. The highest BCUT2D eigenvalue weighted by molar-refractivity contribution is 6.42. The molecule has 0 aliphatic rings. The number of rotatable bonds is 3. The van der Waals surface area contributed by atoms with Gasteiger partial charge in [-0.3, -0.25) is 0 Å². The number of benzene rings is 2. The number of nitrogens with one attached hydrogen (secondary N) is 2. The van der Waals surface area contributed by atoms with E-state index in [0.717, 1.165) is 5.56 Å². The van der Waals surface area contributed by atoms with Crippen molar-refractivity contribution in [1.82, 2.24) is 5.43 Å². The average molecular weight is 308 g/mol. The van der Waals surface area contributed by atoms with Crippen molar-refractivity contribution < 1.29 is 4.79 Å². The van der Waals surface area contributed by atoms with E-state index in [9.17, 15) is 4.79 Å². The monoisotopic (exact) mass is 307 g/mol. The Bertz CT molecular complexity index is 630. The van der Waals surface area contributed by atoms with Crippen LogP contribution in [0, 0.1) is 0 Å². The number of halogens is 2. The first-order chi connectivity index (χ1) is 9.65. The topological polar surface area (TPSA) is 53.5 Å². The number of hydrogen-bond donors (Lipinski definition) is 2. The number of nitrogens with zero attached hydrogens (tertiary/aromatic N) is 1. The van der Waals surface area contributed by atoms with E-state index in [1.165, 1.54) is 0 Å². The standard InChI is InChI=1S/C14H11Cl2N3O/c15-12-7-6-11(8-13(12)16)18-14(20)19-17-9-10-4-2-1-3-5-10/h1-9H,(H2,18,19,20). The van der Waals surface area contributed by atoms with Gasteiger partial charge in [0.2, 0.25) is 0 Å².